The number of nitrogens with one attached hydrogen (secondary N) is 1. The number of rotatable bonds is 7. The molecule has 27 heavy (non-hydrogen) atoms. The number of hydrogen-bond acceptors (Lipinski definition) is 6. The highest BCUT2D eigenvalue weighted by atomic mass is 32.2. The van der Waals surface area contributed by atoms with E-state index in [0.717, 1.165) is 0 Å². The van der Waals surface area contributed by atoms with Crippen molar-refractivity contribution in [1.82, 2.24) is 5.32 Å². The molecule has 1 aliphatic heterocycles. The summed E-state index contributed by atoms with van der Waals surface area (Å²) in [4.78, 5) is 16.5. The molecular formula is C14H21F5N2O5S. The highest BCUT2D eigenvalue weighted by Crippen LogP contribution is 2.52. The molecule has 1 aliphatic rings. The van der Waals surface area contributed by atoms with Crippen LogP contribution in [0.5, 0.6) is 0 Å². The Morgan fingerprint density at radius 1 is 1.22 bits per heavy atom. The maximum atomic E-state index is 13.7. The summed E-state index contributed by atoms with van der Waals surface area (Å²) in [7, 11) is -6.52. The Balaban J connectivity index is 3.42. The molecule has 3 unspecified atom stereocenters. The molecule has 7 nitrogen and oxygen atoms in total. The summed E-state index contributed by atoms with van der Waals surface area (Å²) in [5.41, 5.74) is -4.53. The van der Waals surface area contributed by atoms with Crippen molar-refractivity contribution < 1.29 is 44.5 Å². The van der Waals surface area contributed by atoms with Crippen molar-refractivity contribution in [2.45, 2.75) is 57.8 Å². The van der Waals surface area contributed by atoms with Crippen molar-refractivity contribution in [2.24, 2.45) is 15.8 Å². The van der Waals surface area contributed by atoms with Crippen LogP contribution in [-0.4, -0.2) is 54.9 Å². The summed E-state index contributed by atoms with van der Waals surface area (Å²) < 4.78 is 101. The van der Waals surface area contributed by atoms with Gasteiger partial charge in [0.2, 0.25) is 0 Å². The third kappa shape index (κ3) is 3.94. The van der Waals surface area contributed by atoms with Crippen molar-refractivity contribution in [2.75, 3.05) is 6.54 Å². The third-order valence-corrected chi connectivity index (χ3v) is 5.58. The van der Waals surface area contributed by atoms with Gasteiger partial charge in [0.1, 0.15) is 5.41 Å². The SMILES string of the molecule is CCNC1(C(C)(C(=O)OC(C(F)(F)F)C(F)(F)S(=O)(=O)O)C(C)(C)C)C=N1. The highest BCUT2D eigenvalue weighted by molar-refractivity contribution is 7.86. The summed E-state index contributed by atoms with van der Waals surface area (Å²) in [6.45, 7) is 7.41. The molecule has 2 N–H and O–H groups in total. The molecule has 1 heterocycles. The number of alkyl halides is 5. The molecule has 0 radical (unpaired) electrons. The van der Waals surface area contributed by atoms with Crippen molar-refractivity contribution in [3.63, 3.8) is 0 Å². The summed E-state index contributed by atoms with van der Waals surface area (Å²) in [6.07, 6.45) is -9.14. The lowest BCUT2D eigenvalue weighted by Gasteiger charge is -2.45. The monoisotopic (exact) mass is 424 g/mol. The molecule has 0 fully saturated rings. The maximum Gasteiger partial charge on any atom is 0.432 e. The summed E-state index contributed by atoms with van der Waals surface area (Å²) >= 11 is 0. The zero-order valence-electron chi connectivity index (χ0n) is 15.2. The number of aliphatic imine (C=N–C) groups is 1. The molecule has 0 saturated carbocycles. The molecule has 0 saturated heterocycles. The van der Waals surface area contributed by atoms with Crippen molar-refractivity contribution in [3.05, 3.63) is 0 Å². The van der Waals surface area contributed by atoms with Gasteiger partial charge < -0.3 is 4.74 Å². The van der Waals surface area contributed by atoms with Gasteiger partial charge in [-0.1, -0.05) is 27.7 Å². The minimum atomic E-state index is -6.52. The van der Waals surface area contributed by atoms with Crippen LogP contribution < -0.4 is 5.32 Å². The number of carbonyl (C=O) groups excluding carboxylic acids is 1. The predicted octanol–water partition coefficient (Wildman–Crippen LogP) is 2.38. The Hall–Kier alpha value is -1.34. The zero-order valence-corrected chi connectivity index (χ0v) is 16.0. The Labute approximate surface area is 153 Å². The Bertz CT molecular complexity index is 723. The first kappa shape index (κ1) is 23.7. The van der Waals surface area contributed by atoms with E-state index in [4.69, 9.17) is 4.55 Å². The van der Waals surface area contributed by atoms with Crippen LogP contribution in [0.25, 0.3) is 0 Å². The van der Waals surface area contributed by atoms with E-state index < -0.39 is 50.1 Å². The number of carbonyl (C=O) groups is 1. The first-order chi connectivity index (χ1) is 11.8. The summed E-state index contributed by atoms with van der Waals surface area (Å²) in [5, 5.41) is -3.01. The first-order valence-electron chi connectivity index (χ1n) is 7.72. The molecular weight excluding hydrogens is 403 g/mol. The average molecular weight is 424 g/mol. The van der Waals surface area contributed by atoms with Gasteiger partial charge in [-0.15, -0.1) is 0 Å². The zero-order chi connectivity index (χ0) is 21.7. The van der Waals surface area contributed by atoms with E-state index in [-0.39, 0.29) is 6.54 Å². The largest absolute Gasteiger partial charge is 0.444 e. The fraction of sp³-hybridized carbons (Fsp3) is 0.857. The summed E-state index contributed by atoms with van der Waals surface area (Å²) in [5.74, 6) is -1.75. The van der Waals surface area contributed by atoms with Crippen LogP contribution in [0.15, 0.2) is 4.99 Å². The molecule has 0 aromatic rings. The molecule has 158 valence electrons. The van der Waals surface area contributed by atoms with Crippen LogP contribution >= 0.6 is 0 Å². The average Bonchev–Trinajstić information content (AvgIpc) is 3.21. The van der Waals surface area contributed by atoms with Crippen molar-refractivity contribution in [3.8, 4) is 0 Å². The Kier molecular flexibility index (Phi) is 5.81. The van der Waals surface area contributed by atoms with Gasteiger partial charge in [0, 0.05) is 6.21 Å². The maximum absolute atomic E-state index is 13.7. The lowest BCUT2D eigenvalue weighted by atomic mass is 9.62. The normalized spacial score (nSPS) is 24.3. The molecule has 0 aliphatic carbocycles. The molecule has 3 atom stereocenters. The number of ether oxygens (including phenoxy) is 1. The molecule has 0 aromatic carbocycles. The number of esters is 1. The molecule has 0 amide bonds. The van der Waals surface area contributed by atoms with Crippen molar-refractivity contribution >= 4 is 22.3 Å². The fourth-order valence-electron chi connectivity index (χ4n) is 2.58. The van der Waals surface area contributed by atoms with Gasteiger partial charge in [0.05, 0.1) is 0 Å². The lowest BCUT2D eigenvalue weighted by Crippen LogP contribution is -2.62. The first-order valence-corrected chi connectivity index (χ1v) is 9.16. The van der Waals surface area contributed by atoms with E-state index >= 15 is 0 Å². The number of nitrogens with zero attached hydrogens (tertiary/aromatic N) is 1. The lowest BCUT2D eigenvalue weighted by molar-refractivity contribution is -0.265. The molecule has 13 heteroatoms. The minimum Gasteiger partial charge on any atom is -0.444 e. The van der Waals surface area contributed by atoms with Gasteiger partial charge in [-0.25, -0.2) is 0 Å². The number of hydrogen-bond donors (Lipinski definition) is 2. The second-order valence-corrected chi connectivity index (χ2v) is 8.79. The van der Waals surface area contributed by atoms with Gasteiger partial charge in [-0.2, -0.15) is 30.4 Å². The Morgan fingerprint density at radius 2 is 1.67 bits per heavy atom. The van der Waals surface area contributed by atoms with E-state index in [1.54, 1.807) is 6.92 Å². The van der Waals surface area contributed by atoms with Gasteiger partial charge in [-0.3, -0.25) is 19.7 Å². The molecule has 0 aromatic heterocycles. The van der Waals surface area contributed by atoms with E-state index in [9.17, 15) is 35.2 Å². The van der Waals surface area contributed by atoms with Crippen molar-refractivity contribution in [1.29, 1.82) is 0 Å². The molecule has 0 bridgehead atoms. The molecule has 0 spiro atoms. The van der Waals surface area contributed by atoms with Crippen LogP contribution in [0.4, 0.5) is 22.0 Å². The predicted molar refractivity (Wildman–Crippen MR) is 84.9 cm³/mol. The minimum absolute atomic E-state index is 0.239. The number of halogens is 5. The standard InChI is InChI=1S/C14H21F5N2O5S/c1-6-20-12(7-21-12)11(5,10(2,3)4)9(22)26-8(13(15,16)17)14(18,19)27(23,24)25/h7-8,20H,6H2,1-5H3,(H,23,24,25). The Morgan fingerprint density at radius 3 is 1.93 bits per heavy atom. The van der Waals surface area contributed by atoms with E-state index in [0.29, 0.717) is 0 Å². The van der Waals surface area contributed by atoms with Gasteiger partial charge >= 0.3 is 27.5 Å². The van der Waals surface area contributed by atoms with E-state index in [2.05, 4.69) is 15.0 Å². The third-order valence-electron chi connectivity index (χ3n) is 4.68. The van der Waals surface area contributed by atoms with E-state index in [1.807, 2.05) is 0 Å². The van der Waals surface area contributed by atoms with Crippen LogP contribution in [-0.2, 0) is 19.6 Å². The van der Waals surface area contributed by atoms with Crippen LogP contribution in [0.1, 0.15) is 34.6 Å². The summed E-state index contributed by atoms with van der Waals surface area (Å²) in [6, 6.07) is 0. The van der Waals surface area contributed by atoms with E-state index in [1.165, 1.54) is 33.9 Å². The van der Waals surface area contributed by atoms with Crippen LogP contribution in [0.2, 0.25) is 0 Å². The van der Waals surface area contributed by atoms with Crippen LogP contribution in [0.3, 0.4) is 0 Å². The smallest absolute Gasteiger partial charge is 0.432 e. The molecule has 1 rings (SSSR count). The van der Waals surface area contributed by atoms with Crippen LogP contribution in [0, 0.1) is 10.8 Å². The second-order valence-electron chi connectivity index (χ2n) is 7.29. The fourth-order valence-corrected chi connectivity index (χ4v) is 3.03. The van der Waals surface area contributed by atoms with Gasteiger partial charge in [-0.05, 0) is 18.9 Å². The topological polar surface area (TPSA) is 105 Å². The van der Waals surface area contributed by atoms with Gasteiger partial charge in [0.15, 0.2) is 5.66 Å². The van der Waals surface area contributed by atoms with Gasteiger partial charge in [0.25, 0.3) is 6.10 Å². The highest BCUT2D eigenvalue weighted by Gasteiger charge is 2.70. The second kappa shape index (κ2) is 6.62. The quantitative estimate of drug-likeness (QED) is 0.369.